The summed E-state index contributed by atoms with van der Waals surface area (Å²) in [6.07, 6.45) is 3.21. The molecule has 0 bridgehead atoms. The number of nitrogens with zero attached hydrogens (tertiary/aromatic N) is 7. The Morgan fingerprint density at radius 3 is 2.55 bits per heavy atom. The van der Waals surface area contributed by atoms with E-state index in [2.05, 4.69) is 29.9 Å². The molecule has 1 aliphatic rings. The fourth-order valence-corrected chi connectivity index (χ4v) is 3.78. The van der Waals surface area contributed by atoms with Crippen LogP contribution in [0.1, 0.15) is 5.69 Å². The van der Waals surface area contributed by atoms with Gasteiger partial charge in [-0.1, -0.05) is 6.07 Å². The summed E-state index contributed by atoms with van der Waals surface area (Å²) in [5.41, 5.74) is 1.33. The first kappa shape index (κ1) is 19.1. The van der Waals surface area contributed by atoms with Crippen LogP contribution in [0.25, 0.3) is 10.9 Å². The van der Waals surface area contributed by atoms with E-state index in [4.69, 9.17) is 0 Å². The lowest BCUT2D eigenvalue weighted by atomic mass is 10.2. The molecule has 0 atom stereocenters. The minimum atomic E-state index is -0.304. The zero-order chi connectivity index (χ0) is 21.2. The van der Waals surface area contributed by atoms with Crippen molar-refractivity contribution in [3.8, 4) is 0 Å². The predicted octanol–water partition coefficient (Wildman–Crippen LogP) is 2.10. The van der Waals surface area contributed by atoms with Crippen molar-refractivity contribution in [1.29, 1.82) is 0 Å². The molecule has 9 heteroatoms. The molecule has 8 nitrogen and oxygen atoms in total. The molecular formula is C22H20FN7O. The lowest BCUT2D eigenvalue weighted by molar-refractivity contribution is 0.595. The second kappa shape index (κ2) is 8.10. The molecule has 1 saturated heterocycles. The highest BCUT2D eigenvalue weighted by atomic mass is 19.1. The van der Waals surface area contributed by atoms with Crippen LogP contribution in [0.2, 0.25) is 0 Å². The number of piperazine rings is 1. The number of halogens is 1. The second-order valence-corrected chi connectivity index (χ2v) is 7.34. The van der Waals surface area contributed by atoms with Gasteiger partial charge in [0.2, 0.25) is 0 Å². The van der Waals surface area contributed by atoms with Gasteiger partial charge in [0.1, 0.15) is 23.8 Å². The third-order valence-electron chi connectivity index (χ3n) is 5.37. The Labute approximate surface area is 177 Å². The van der Waals surface area contributed by atoms with E-state index in [0.29, 0.717) is 38.1 Å². The van der Waals surface area contributed by atoms with Crippen molar-refractivity contribution in [2.24, 2.45) is 0 Å². The molecular weight excluding hydrogens is 397 g/mol. The summed E-state index contributed by atoms with van der Waals surface area (Å²) in [6, 6.07) is 13.4. The number of benzene rings is 1. The van der Waals surface area contributed by atoms with Crippen molar-refractivity contribution in [3.05, 3.63) is 82.9 Å². The van der Waals surface area contributed by atoms with Crippen LogP contribution >= 0.6 is 0 Å². The number of hydrogen-bond acceptors (Lipinski definition) is 7. The minimum Gasteiger partial charge on any atom is -0.352 e. The Kier molecular flexibility index (Phi) is 4.99. The summed E-state index contributed by atoms with van der Waals surface area (Å²) in [4.78, 5) is 29.4. The Morgan fingerprint density at radius 2 is 1.74 bits per heavy atom. The van der Waals surface area contributed by atoms with Crippen LogP contribution in [0.4, 0.5) is 16.0 Å². The van der Waals surface area contributed by atoms with Gasteiger partial charge in [-0.15, -0.1) is 0 Å². The van der Waals surface area contributed by atoms with E-state index in [1.165, 1.54) is 23.1 Å². The Hall–Kier alpha value is -3.88. The highest BCUT2D eigenvalue weighted by Crippen LogP contribution is 2.25. The number of rotatable bonds is 4. The summed E-state index contributed by atoms with van der Waals surface area (Å²) >= 11 is 0. The monoisotopic (exact) mass is 417 g/mol. The highest BCUT2D eigenvalue weighted by Gasteiger charge is 2.21. The molecule has 156 valence electrons. The molecule has 0 unspecified atom stereocenters. The summed E-state index contributed by atoms with van der Waals surface area (Å²) in [5, 5.41) is 5.25. The number of hydrogen-bond donors (Lipinski definition) is 0. The van der Waals surface area contributed by atoms with Crippen LogP contribution in [0.15, 0.2) is 65.8 Å². The van der Waals surface area contributed by atoms with Crippen molar-refractivity contribution in [3.63, 3.8) is 0 Å². The molecule has 4 heterocycles. The van der Waals surface area contributed by atoms with Gasteiger partial charge in [-0.05, 0) is 36.4 Å². The zero-order valence-corrected chi connectivity index (χ0v) is 16.7. The van der Waals surface area contributed by atoms with Crippen molar-refractivity contribution in [2.45, 2.75) is 6.54 Å². The van der Waals surface area contributed by atoms with E-state index < -0.39 is 0 Å². The number of fused-ring (bicyclic) bond motifs is 1. The first-order chi connectivity index (χ1) is 15.2. The van der Waals surface area contributed by atoms with Crippen LogP contribution in [-0.4, -0.2) is 50.9 Å². The molecule has 3 aromatic heterocycles. The molecule has 4 aromatic rings. The largest absolute Gasteiger partial charge is 0.352 e. The SMILES string of the molecule is O=c1ccc(N2CCN(c3ncnc4ccc(F)cc34)CC2)nn1Cc1ccccn1. The van der Waals surface area contributed by atoms with Crippen molar-refractivity contribution >= 4 is 22.5 Å². The molecule has 5 rings (SSSR count). The highest BCUT2D eigenvalue weighted by molar-refractivity contribution is 5.89. The first-order valence-corrected chi connectivity index (χ1v) is 10.1. The topological polar surface area (TPSA) is 80.0 Å². The molecule has 1 fully saturated rings. The van der Waals surface area contributed by atoms with E-state index in [9.17, 15) is 9.18 Å². The van der Waals surface area contributed by atoms with Gasteiger partial charge in [0.25, 0.3) is 5.56 Å². The van der Waals surface area contributed by atoms with Gasteiger partial charge in [0.05, 0.1) is 17.8 Å². The number of aromatic nitrogens is 5. The van der Waals surface area contributed by atoms with Crippen molar-refractivity contribution in [2.75, 3.05) is 36.0 Å². The van der Waals surface area contributed by atoms with Crippen LogP contribution in [0.3, 0.4) is 0 Å². The van der Waals surface area contributed by atoms with E-state index >= 15 is 0 Å². The maximum Gasteiger partial charge on any atom is 0.267 e. The van der Waals surface area contributed by atoms with Crippen molar-refractivity contribution in [1.82, 2.24) is 24.7 Å². The van der Waals surface area contributed by atoms with Gasteiger partial charge < -0.3 is 9.80 Å². The smallest absolute Gasteiger partial charge is 0.267 e. The van der Waals surface area contributed by atoms with Crippen LogP contribution < -0.4 is 15.4 Å². The maximum atomic E-state index is 13.8. The van der Waals surface area contributed by atoms with E-state index in [1.807, 2.05) is 18.2 Å². The first-order valence-electron chi connectivity index (χ1n) is 10.1. The Balaban J connectivity index is 1.34. The summed E-state index contributed by atoms with van der Waals surface area (Å²) in [7, 11) is 0. The summed E-state index contributed by atoms with van der Waals surface area (Å²) in [6.45, 7) is 3.13. The number of pyridine rings is 1. The van der Waals surface area contributed by atoms with E-state index in [1.54, 1.807) is 24.4 Å². The van der Waals surface area contributed by atoms with Gasteiger partial charge >= 0.3 is 0 Å². The summed E-state index contributed by atoms with van der Waals surface area (Å²) in [5.74, 6) is 1.17. The van der Waals surface area contributed by atoms with E-state index in [0.717, 1.165) is 22.8 Å². The van der Waals surface area contributed by atoms with Crippen LogP contribution in [-0.2, 0) is 6.54 Å². The van der Waals surface area contributed by atoms with Gasteiger partial charge in [0, 0.05) is 43.8 Å². The van der Waals surface area contributed by atoms with Crippen LogP contribution in [0, 0.1) is 5.82 Å². The minimum absolute atomic E-state index is 0.164. The molecule has 0 amide bonds. The maximum absolute atomic E-state index is 13.8. The lowest BCUT2D eigenvalue weighted by Gasteiger charge is -2.36. The molecule has 0 aliphatic carbocycles. The third kappa shape index (κ3) is 3.94. The van der Waals surface area contributed by atoms with E-state index in [-0.39, 0.29) is 11.4 Å². The van der Waals surface area contributed by atoms with Crippen LogP contribution in [0.5, 0.6) is 0 Å². The fraction of sp³-hybridized carbons (Fsp3) is 0.227. The molecule has 1 aromatic carbocycles. The van der Waals surface area contributed by atoms with Gasteiger partial charge in [-0.25, -0.2) is 19.0 Å². The fourth-order valence-electron chi connectivity index (χ4n) is 3.78. The normalized spacial score (nSPS) is 14.2. The molecule has 0 radical (unpaired) electrons. The third-order valence-corrected chi connectivity index (χ3v) is 5.37. The summed E-state index contributed by atoms with van der Waals surface area (Å²) < 4.78 is 15.2. The molecule has 0 saturated carbocycles. The molecule has 0 spiro atoms. The van der Waals surface area contributed by atoms with Crippen molar-refractivity contribution < 1.29 is 4.39 Å². The Bertz CT molecular complexity index is 1270. The Morgan fingerprint density at radius 1 is 0.903 bits per heavy atom. The molecule has 0 N–H and O–H groups in total. The quantitative estimate of drug-likeness (QED) is 0.503. The molecule has 1 aliphatic heterocycles. The lowest BCUT2D eigenvalue weighted by Crippen LogP contribution is -2.47. The predicted molar refractivity (Wildman–Crippen MR) is 116 cm³/mol. The standard InChI is InChI=1S/C22H20FN7O/c23-16-4-5-19-18(13-16)22(26-15-25-19)29-11-9-28(10-12-29)20-6-7-21(31)30(27-20)14-17-3-1-2-8-24-17/h1-8,13,15H,9-12,14H2. The zero-order valence-electron chi connectivity index (χ0n) is 16.7. The van der Waals surface area contributed by atoms with Gasteiger partial charge in [-0.2, -0.15) is 5.10 Å². The molecule has 31 heavy (non-hydrogen) atoms. The average Bonchev–Trinajstić information content (AvgIpc) is 2.81. The van der Waals surface area contributed by atoms with Gasteiger partial charge in [0.15, 0.2) is 0 Å². The average molecular weight is 417 g/mol. The number of anilines is 2. The van der Waals surface area contributed by atoms with Gasteiger partial charge in [-0.3, -0.25) is 9.78 Å². The second-order valence-electron chi connectivity index (χ2n) is 7.34.